The van der Waals surface area contributed by atoms with Crippen molar-refractivity contribution in [1.82, 2.24) is 5.43 Å². The Morgan fingerprint density at radius 2 is 2.00 bits per heavy atom. The van der Waals surface area contributed by atoms with Crippen LogP contribution in [0.5, 0.6) is 0 Å². The first kappa shape index (κ1) is 11.7. The molecule has 0 aromatic carbocycles. The summed E-state index contributed by atoms with van der Waals surface area (Å²) in [6.07, 6.45) is 2.46. The van der Waals surface area contributed by atoms with Crippen LogP contribution < -0.4 is 17.0 Å². The minimum atomic E-state index is -0.0885. The lowest BCUT2D eigenvalue weighted by molar-refractivity contribution is -0.121. The predicted octanol–water partition coefficient (Wildman–Crippen LogP) is -0.161. The van der Waals surface area contributed by atoms with Crippen molar-refractivity contribution in [3.63, 3.8) is 0 Å². The molecule has 1 amide bonds. The molecular weight excluding hydrogens is 174 g/mol. The Bertz CT molecular complexity index is 121. The summed E-state index contributed by atoms with van der Waals surface area (Å²) < 4.78 is 0. The van der Waals surface area contributed by atoms with Crippen LogP contribution in [0.3, 0.4) is 0 Å². The van der Waals surface area contributed by atoms with Crippen molar-refractivity contribution < 1.29 is 4.79 Å². The Kier molecular flexibility index (Phi) is 8.64. The molecule has 0 saturated heterocycles. The van der Waals surface area contributed by atoms with E-state index in [1.54, 1.807) is 0 Å². The lowest BCUT2D eigenvalue weighted by atomic mass is 10.3. The van der Waals surface area contributed by atoms with E-state index in [9.17, 15) is 4.79 Å². The molecule has 0 atom stereocenters. The lowest BCUT2D eigenvalue weighted by Gasteiger charge is -1.99. The molecule has 0 rings (SSSR count). The first-order chi connectivity index (χ1) is 5.81. The third-order valence-electron chi connectivity index (χ3n) is 1.35. The van der Waals surface area contributed by atoms with Gasteiger partial charge in [-0.15, -0.1) is 0 Å². The van der Waals surface area contributed by atoms with Crippen LogP contribution in [-0.4, -0.2) is 24.0 Å². The smallest absolute Gasteiger partial charge is 0.233 e. The first-order valence-electron chi connectivity index (χ1n) is 4.08. The van der Waals surface area contributed by atoms with E-state index in [-0.39, 0.29) is 5.91 Å². The molecule has 0 aliphatic heterocycles. The highest BCUT2D eigenvalue weighted by molar-refractivity contribution is 7.99. The predicted molar refractivity (Wildman–Crippen MR) is 52.6 cm³/mol. The second-order valence-corrected chi connectivity index (χ2v) is 3.65. The molecular formula is C7H17N3OS. The number of hydrogen-bond acceptors (Lipinski definition) is 4. The molecule has 5 N–H and O–H groups in total. The number of nitrogens with two attached hydrogens (primary N) is 2. The van der Waals surface area contributed by atoms with E-state index in [0.717, 1.165) is 30.9 Å². The Hall–Kier alpha value is -0.260. The normalized spacial score (nSPS) is 9.83. The zero-order valence-corrected chi connectivity index (χ0v) is 8.03. The van der Waals surface area contributed by atoms with Gasteiger partial charge in [-0.1, -0.05) is 0 Å². The van der Waals surface area contributed by atoms with Gasteiger partial charge in [0.15, 0.2) is 0 Å². The molecule has 0 unspecified atom stereocenters. The molecule has 12 heavy (non-hydrogen) atoms. The Labute approximate surface area is 77.4 Å². The fourth-order valence-corrected chi connectivity index (χ4v) is 1.62. The summed E-state index contributed by atoms with van der Waals surface area (Å²) in [6.45, 7) is 0.746. The maximum atomic E-state index is 10.6. The van der Waals surface area contributed by atoms with Gasteiger partial charge in [0.2, 0.25) is 5.91 Å². The van der Waals surface area contributed by atoms with Crippen molar-refractivity contribution in [3.05, 3.63) is 0 Å². The number of thioether (sulfide) groups is 1. The van der Waals surface area contributed by atoms with Gasteiger partial charge in [-0.3, -0.25) is 10.2 Å². The van der Waals surface area contributed by atoms with Gasteiger partial charge in [0.05, 0.1) is 0 Å². The minimum absolute atomic E-state index is 0.0885. The fraction of sp³-hybridized carbons (Fsp3) is 0.857. The number of rotatable bonds is 7. The first-order valence-corrected chi connectivity index (χ1v) is 5.24. The van der Waals surface area contributed by atoms with E-state index in [1.165, 1.54) is 0 Å². The maximum Gasteiger partial charge on any atom is 0.233 e. The van der Waals surface area contributed by atoms with Crippen molar-refractivity contribution in [3.8, 4) is 0 Å². The van der Waals surface area contributed by atoms with Gasteiger partial charge < -0.3 is 5.73 Å². The quantitative estimate of drug-likeness (QED) is 0.226. The van der Waals surface area contributed by atoms with E-state index in [0.29, 0.717) is 6.42 Å². The highest BCUT2D eigenvalue weighted by Crippen LogP contribution is 2.05. The summed E-state index contributed by atoms with van der Waals surface area (Å²) in [5.74, 6) is 6.91. The maximum absolute atomic E-state index is 10.6. The van der Waals surface area contributed by atoms with E-state index in [2.05, 4.69) is 5.43 Å². The number of nitrogens with one attached hydrogen (secondary N) is 1. The Morgan fingerprint density at radius 1 is 1.33 bits per heavy atom. The summed E-state index contributed by atoms with van der Waals surface area (Å²) in [4.78, 5) is 10.6. The fourth-order valence-electron chi connectivity index (χ4n) is 0.694. The Balaban J connectivity index is 2.95. The van der Waals surface area contributed by atoms with Crippen LogP contribution in [0, 0.1) is 0 Å². The third-order valence-corrected chi connectivity index (χ3v) is 2.50. The molecule has 0 spiro atoms. The zero-order valence-electron chi connectivity index (χ0n) is 7.21. The molecule has 5 heteroatoms. The SMILES string of the molecule is NCCCSCCCC(=O)NN. The van der Waals surface area contributed by atoms with Gasteiger partial charge in [0, 0.05) is 6.42 Å². The molecule has 0 heterocycles. The van der Waals surface area contributed by atoms with Crippen molar-refractivity contribution >= 4 is 17.7 Å². The highest BCUT2D eigenvalue weighted by atomic mass is 32.2. The molecule has 4 nitrogen and oxygen atoms in total. The van der Waals surface area contributed by atoms with Crippen LogP contribution in [0.25, 0.3) is 0 Å². The number of carbonyl (C=O) groups is 1. The van der Waals surface area contributed by atoms with Crippen LogP contribution in [0.2, 0.25) is 0 Å². The topological polar surface area (TPSA) is 81.1 Å². The standard InChI is InChI=1S/C7H17N3OS/c8-4-2-6-12-5-1-3-7(11)10-9/h1-6,8-9H2,(H,10,11). The average Bonchev–Trinajstić information content (AvgIpc) is 2.10. The van der Waals surface area contributed by atoms with Crippen LogP contribution >= 0.6 is 11.8 Å². The molecule has 0 bridgehead atoms. The van der Waals surface area contributed by atoms with E-state index in [4.69, 9.17) is 11.6 Å². The second-order valence-electron chi connectivity index (χ2n) is 2.43. The zero-order chi connectivity index (χ0) is 9.23. The van der Waals surface area contributed by atoms with E-state index >= 15 is 0 Å². The summed E-state index contributed by atoms with van der Waals surface area (Å²) in [5, 5.41) is 0. The van der Waals surface area contributed by atoms with Crippen LogP contribution in [0.4, 0.5) is 0 Å². The van der Waals surface area contributed by atoms with Crippen molar-refractivity contribution in [2.24, 2.45) is 11.6 Å². The lowest BCUT2D eigenvalue weighted by Crippen LogP contribution is -2.29. The van der Waals surface area contributed by atoms with E-state index in [1.807, 2.05) is 11.8 Å². The third kappa shape index (κ3) is 7.84. The molecule has 0 aliphatic rings. The van der Waals surface area contributed by atoms with E-state index < -0.39 is 0 Å². The van der Waals surface area contributed by atoms with Crippen molar-refractivity contribution in [2.45, 2.75) is 19.3 Å². The van der Waals surface area contributed by atoms with Crippen molar-refractivity contribution in [1.29, 1.82) is 0 Å². The molecule has 0 aliphatic carbocycles. The monoisotopic (exact) mass is 191 g/mol. The van der Waals surface area contributed by atoms with Gasteiger partial charge >= 0.3 is 0 Å². The van der Waals surface area contributed by atoms with Crippen LogP contribution in [0.1, 0.15) is 19.3 Å². The molecule has 0 saturated carbocycles. The molecule has 0 fully saturated rings. The summed E-state index contributed by atoms with van der Waals surface area (Å²) >= 11 is 1.83. The van der Waals surface area contributed by atoms with Crippen LogP contribution in [-0.2, 0) is 4.79 Å². The molecule has 0 aromatic heterocycles. The average molecular weight is 191 g/mol. The molecule has 0 radical (unpaired) electrons. The Morgan fingerprint density at radius 3 is 2.58 bits per heavy atom. The highest BCUT2D eigenvalue weighted by Gasteiger charge is 1.96. The summed E-state index contributed by atoms with van der Waals surface area (Å²) in [5.41, 5.74) is 7.42. The van der Waals surface area contributed by atoms with Gasteiger partial charge in [0.25, 0.3) is 0 Å². The minimum Gasteiger partial charge on any atom is -0.330 e. The van der Waals surface area contributed by atoms with Gasteiger partial charge in [-0.25, -0.2) is 5.84 Å². The largest absolute Gasteiger partial charge is 0.330 e. The van der Waals surface area contributed by atoms with Crippen molar-refractivity contribution in [2.75, 3.05) is 18.1 Å². The number of carbonyl (C=O) groups excluding carboxylic acids is 1. The summed E-state index contributed by atoms with van der Waals surface area (Å²) in [7, 11) is 0. The number of hydrazine groups is 1. The summed E-state index contributed by atoms with van der Waals surface area (Å²) in [6, 6.07) is 0. The number of hydrogen-bond donors (Lipinski definition) is 3. The van der Waals surface area contributed by atoms with Gasteiger partial charge in [0.1, 0.15) is 0 Å². The number of amides is 1. The van der Waals surface area contributed by atoms with Gasteiger partial charge in [-0.2, -0.15) is 11.8 Å². The second kappa shape index (κ2) is 8.83. The molecule has 72 valence electrons. The molecule has 0 aromatic rings. The van der Waals surface area contributed by atoms with Crippen LogP contribution in [0.15, 0.2) is 0 Å². The van der Waals surface area contributed by atoms with Gasteiger partial charge in [-0.05, 0) is 30.9 Å².